The van der Waals surface area contributed by atoms with Gasteiger partial charge in [-0.15, -0.1) is 11.3 Å². The van der Waals surface area contributed by atoms with Crippen LogP contribution in [0.15, 0.2) is 11.6 Å². The Labute approximate surface area is 120 Å². The summed E-state index contributed by atoms with van der Waals surface area (Å²) in [5, 5.41) is 11.2. The molecule has 1 fully saturated rings. The fourth-order valence-corrected chi connectivity index (χ4v) is 3.29. The van der Waals surface area contributed by atoms with Crippen LogP contribution in [0.25, 0.3) is 4.96 Å². The first-order valence-electron chi connectivity index (χ1n) is 6.68. The fourth-order valence-electron chi connectivity index (χ4n) is 2.58. The molecule has 3 heterocycles. The Morgan fingerprint density at radius 1 is 1.65 bits per heavy atom. The van der Waals surface area contributed by atoms with Crippen LogP contribution in [0, 0.1) is 0 Å². The lowest BCUT2D eigenvalue weighted by Crippen LogP contribution is -2.34. The van der Waals surface area contributed by atoms with Crippen molar-refractivity contribution in [3.63, 3.8) is 0 Å². The number of fused-ring (bicyclic) bond motifs is 1. The number of carboxylic acids is 1. The first-order chi connectivity index (χ1) is 9.66. The van der Waals surface area contributed by atoms with Gasteiger partial charge in [-0.1, -0.05) is 0 Å². The molecule has 0 aromatic carbocycles. The lowest BCUT2D eigenvalue weighted by molar-refractivity contribution is 0.0215. The predicted molar refractivity (Wildman–Crippen MR) is 76.9 cm³/mol. The highest BCUT2D eigenvalue weighted by Gasteiger charge is 2.24. The number of hydrogen-bond acceptors (Lipinski definition) is 5. The van der Waals surface area contributed by atoms with Gasteiger partial charge in [-0.2, -0.15) is 0 Å². The lowest BCUT2D eigenvalue weighted by Gasteiger charge is -2.27. The van der Waals surface area contributed by atoms with Crippen molar-refractivity contribution in [2.45, 2.75) is 25.4 Å². The zero-order valence-electron chi connectivity index (χ0n) is 11.3. The summed E-state index contributed by atoms with van der Waals surface area (Å²) in [6.45, 7) is 1.47. The van der Waals surface area contributed by atoms with E-state index in [1.807, 2.05) is 17.3 Å². The fraction of sp³-hybridized carbons (Fsp3) is 0.538. The average Bonchev–Trinajstić information content (AvgIpc) is 2.98. The van der Waals surface area contributed by atoms with Gasteiger partial charge >= 0.3 is 5.97 Å². The van der Waals surface area contributed by atoms with Crippen molar-refractivity contribution in [1.29, 1.82) is 0 Å². The second-order valence-electron chi connectivity index (χ2n) is 5.01. The van der Waals surface area contributed by atoms with E-state index in [1.165, 1.54) is 17.8 Å². The Bertz CT molecular complexity index is 615. The summed E-state index contributed by atoms with van der Waals surface area (Å²) in [6.07, 6.45) is 5.21. The van der Waals surface area contributed by atoms with E-state index in [0.717, 1.165) is 19.4 Å². The molecule has 7 heteroatoms. The highest BCUT2D eigenvalue weighted by molar-refractivity contribution is 7.15. The van der Waals surface area contributed by atoms with Gasteiger partial charge in [0.15, 0.2) is 16.5 Å². The van der Waals surface area contributed by atoms with Crippen LogP contribution in [0.5, 0.6) is 0 Å². The van der Waals surface area contributed by atoms with Gasteiger partial charge in [-0.05, 0) is 19.3 Å². The number of thiazole rings is 1. The molecule has 0 spiro atoms. The summed E-state index contributed by atoms with van der Waals surface area (Å²) in [5.74, 6) is -0.444. The highest BCUT2D eigenvalue weighted by Crippen LogP contribution is 2.25. The van der Waals surface area contributed by atoms with Crippen LogP contribution in [0.2, 0.25) is 0 Å². The van der Waals surface area contributed by atoms with Crippen LogP contribution >= 0.6 is 11.3 Å². The molecule has 1 N–H and O–H groups in total. The van der Waals surface area contributed by atoms with Crippen molar-refractivity contribution in [1.82, 2.24) is 9.38 Å². The summed E-state index contributed by atoms with van der Waals surface area (Å²) in [6, 6.07) is 0. The van der Waals surface area contributed by atoms with E-state index in [2.05, 4.69) is 4.98 Å². The predicted octanol–water partition coefficient (Wildman–Crippen LogP) is 2.10. The van der Waals surface area contributed by atoms with Gasteiger partial charge in [0.1, 0.15) is 0 Å². The smallest absolute Gasteiger partial charge is 0.356 e. The van der Waals surface area contributed by atoms with Gasteiger partial charge in [-0.25, -0.2) is 9.78 Å². The molecule has 1 aliphatic heterocycles. The number of nitrogens with zero attached hydrogens (tertiary/aromatic N) is 3. The summed E-state index contributed by atoms with van der Waals surface area (Å²) in [5.41, 5.74) is 0.222. The van der Waals surface area contributed by atoms with Crippen molar-refractivity contribution < 1.29 is 14.6 Å². The first-order valence-corrected chi connectivity index (χ1v) is 7.56. The highest BCUT2D eigenvalue weighted by atomic mass is 32.1. The van der Waals surface area contributed by atoms with Crippen LogP contribution < -0.4 is 4.90 Å². The molecule has 0 aliphatic carbocycles. The lowest BCUT2D eigenvalue weighted by atomic mass is 10.1. The van der Waals surface area contributed by atoms with Crippen molar-refractivity contribution in [3.8, 4) is 0 Å². The van der Waals surface area contributed by atoms with Crippen LogP contribution in [0.4, 0.5) is 5.82 Å². The number of carboxylic acid groups (broad SMARTS) is 1. The molecule has 2 aromatic rings. The largest absolute Gasteiger partial charge is 0.476 e. The SMILES string of the molecule is CN(CC1CCCCO1)c1nc2sccn2c1C(=O)O. The van der Waals surface area contributed by atoms with Gasteiger partial charge in [-0.3, -0.25) is 4.40 Å². The summed E-state index contributed by atoms with van der Waals surface area (Å²) < 4.78 is 7.33. The minimum Gasteiger partial charge on any atom is -0.476 e. The third-order valence-electron chi connectivity index (χ3n) is 3.56. The van der Waals surface area contributed by atoms with Crippen LogP contribution in [-0.2, 0) is 4.74 Å². The van der Waals surface area contributed by atoms with Crippen molar-refractivity contribution in [2.75, 3.05) is 25.1 Å². The second-order valence-corrected chi connectivity index (χ2v) is 5.89. The van der Waals surface area contributed by atoms with E-state index >= 15 is 0 Å². The molecule has 1 unspecified atom stereocenters. The topological polar surface area (TPSA) is 67.1 Å². The van der Waals surface area contributed by atoms with Gasteiger partial charge in [0.05, 0.1) is 6.10 Å². The summed E-state index contributed by atoms with van der Waals surface area (Å²) >= 11 is 1.43. The van der Waals surface area contributed by atoms with Crippen molar-refractivity contribution >= 4 is 28.1 Å². The van der Waals surface area contributed by atoms with Gasteiger partial charge in [0.2, 0.25) is 0 Å². The van der Waals surface area contributed by atoms with Gasteiger partial charge in [0, 0.05) is 31.8 Å². The molecular weight excluding hydrogens is 278 g/mol. The number of likely N-dealkylation sites (N-methyl/N-ethyl adjacent to an activating group) is 1. The number of carbonyl (C=O) groups is 1. The monoisotopic (exact) mass is 295 g/mol. The summed E-state index contributed by atoms with van der Waals surface area (Å²) in [7, 11) is 1.87. The van der Waals surface area contributed by atoms with Crippen molar-refractivity contribution in [2.24, 2.45) is 0 Å². The Kier molecular flexibility index (Phi) is 3.62. The molecule has 1 saturated heterocycles. The molecular formula is C13H17N3O3S. The summed E-state index contributed by atoms with van der Waals surface area (Å²) in [4.78, 5) is 18.5. The number of imidazole rings is 1. The maximum absolute atomic E-state index is 11.5. The Morgan fingerprint density at radius 3 is 3.20 bits per heavy atom. The number of anilines is 1. The Morgan fingerprint density at radius 2 is 2.50 bits per heavy atom. The van der Waals surface area contributed by atoms with Crippen LogP contribution in [0.1, 0.15) is 29.8 Å². The van der Waals surface area contributed by atoms with Crippen molar-refractivity contribution in [3.05, 3.63) is 17.3 Å². The number of aromatic nitrogens is 2. The maximum Gasteiger partial charge on any atom is 0.356 e. The average molecular weight is 295 g/mol. The molecule has 108 valence electrons. The number of rotatable bonds is 4. The first kappa shape index (κ1) is 13.4. The molecule has 6 nitrogen and oxygen atoms in total. The van der Waals surface area contributed by atoms with Crippen LogP contribution in [-0.4, -0.2) is 46.8 Å². The molecule has 0 radical (unpaired) electrons. The normalized spacial score (nSPS) is 19.4. The van der Waals surface area contributed by atoms with Gasteiger partial charge < -0.3 is 14.7 Å². The number of aromatic carboxylic acids is 1. The molecule has 2 aromatic heterocycles. The van der Waals surface area contributed by atoms with E-state index in [9.17, 15) is 9.90 Å². The molecule has 20 heavy (non-hydrogen) atoms. The van der Waals surface area contributed by atoms with E-state index in [4.69, 9.17) is 4.74 Å². The van der Waals surface area contributed by atoms with E-state index < -0.39 is 5.97 Å². The third kappa shape index (κ3) is 2.38. The third-order valence-corrected chi connectivity index (χ3v) is 4.32. The number of ether oxygens (including phenoxy) is 1. The molecule has 0 saturated carbocycles. The van der Waals surface area contributed by atoms with E-state index in [0.29, 0.717) is 17.3 Å². The quantitative estimate of drug-likeness (QED) is 0.935. The zero-order valence-corrected chi connectivity index (χ0v) is 12.1. The van der Waals surface area contributed by atoms with E-state index in [1.54, 1.807) is 10.6 Å². The second kappa shape index (κ2) is 5.41. The molecule has 1 aliphatic rings. The minimum absolute atomic E-state index is 0.162. The maximum atomic E-state index is 11.5. The molecule has 1 atom stereocenters. The van der Waals surface area contributed by atoms with E-state index in [-0.39, 0.29) is 11.8 Å². The molecule has 0 amide bonds. The standard InChI is InChI=1S/C13H17N3O3S/c1-15(8-9-4-2-3-6-19-9)11-10(12(17)18)16-5-7-20-13(16)14-11/h5,7,9H,2-4,6,8H2,1H3,(H,17,18). The minimum atomic E-state index is -0.956. The molecule has 0 bridgehead atoms. The zero-order chi connectivity index (χ0) is 14.1. The number of hydrogen-bond donors (Lipinski definition) is 1. The molecule has 3 rings (SSSR count). The Balaban J connectivity index is 1.86. The van der Waals surface area contributed by atoms with Crippen LogP contribution in [0.3, 0.4) is 0 Å². The van der Waals surface area contributed by atoms with Gasteiger partial charge in [0.25, 0.3) is 0 Å². The Hall–Kier alpha value is -1.60.